The van der Waals surface area contributed by atoms with Crippen molar-refractivity contribution in [1.82, 2.24) is 10.2 Å². The van der Waals surface area contributed by atoms with E-state index in [-0.39, 0.29) is 17.8 Å². The van der Waals surface area contributed by atoms with Crippen molar-refractivity contribution < 1.29 is 13.9 Å². The molecule has 0 saturated carbocycles. The van der Waals surface area contributed by atoms with Crippen molar-refractivity contribution in [3.05, 3.63) is 58.4 Å². The van der Waals surface area contributed by atoms with Gasteiger partial charge in [0, 0.05) is 30.7 Å². The maximum Gasteiger partial charge on any atom is 0.255 e. The molecule has 0 radical (unpaired) electrons. The summed E-state index contributed by atoms with van der Waals surface area (Å²) < 4.78 is 18.8. The third-order valence-corrected chi connectivity index (χ3v) is 6.36. The molecular formula is C22H25ClFN3O2. The van der Waals surface area contributed by atoms with Crippen LogP contribution in [0.25, 0.3) is 0 Å². The fraction of sp³-hybridized carbons (Fsp3) is 0.409. The number of nitrogen functional groups attached to an aromatic ring is 1. The lowest BCUT2D eigenvalue weighted by Crippen LogP contribution is -2.50. The molecule has 2 aliphatic heterocycles. The van der Waals surface area contributed by atoms with E-state index >= 15 is 0 Å². The number of carbonyl (C=O) groups is 1. The molecule has 2 atom stereocenters. The third-order valence-electron chi connectivity index (χ3n) is 6.04. The van der Waals surface area contributed by atoms with Crippen LogP contribution in [-0.4, -0.2) is 36.0 Å². The fourth-order valence-corrected chi connectivity index (χ4v) is 4.84. The average molecular weight is 418 g/mol. The molecule has 2 aliphatic rings. The monoisotopic (exact) mass is 417 g/mol. The van der Waals surface area contributed by atoms with Crippen molar-refractivity contribution in [2.24, 2.45) is 0 Å². The first-order valence-corrected chi connectivity index (χ1v) is 10.3. The number of halogens is 2. The van der Waals surface area contributed by atoms with Gasteiger partial charge in [-0.3, -0.25) is 9.69 Å². The van der Waals surface area contributed by atoms with Gasteiger partial charge in [0.25, 0.3) is 5.91 Å². The van der Waals surface area contributed by atoms with Crippen molar-refractivity contribution in [1.29, 1.82) is 0 Å². The van der Waals surface area contributed by atoms with Crippen LogP contribution in [0.5, 0.6) is 5.75 Å². The zero-order valence-electron chi connectivity index (χ0n) is 16.3. The summed E-state index contributed by atoms with van der Waals surface area (Å²) in [7, 11) is 1.50. The van der Waals surface area contributed by atoms with Gasteiger partial charge in [0.2, 0.25) is 0 Å². The Balaban J connectivity index is 1.43. The van der Waals surface area contributed by atoms with E-state index in [1.807, 2.05) is 6.07 Å². The highest BCUT2D eigenvalue weighted by atomic mass is 35.5. The minimum absolute atomic E-state index is 0.0878. The number of nitrogens with one attached hydrogen (secondary N) is 1. The lowest BCUT2D eigenvalue weighted by molar-refractivity contribution is 0.0825. The number of carbonyl (C=O) groups excluding carboxylic acids is 1. The third kappa shape index (κ3) is 4.19. The van der Waals surface area contributed by atoms with Crippen LogP contribution in [0.1, 0.15) is 41.6 Å². The van der Waals surface area contributed by atoms with Crippen LogP contribution in [0, 0.1) is 5.82 Å². The molecule has 4 rings (SSSR count). The molecule has 29 heavy (non-hydrogen) atoms. The number of amides is 1. The van der Waals surface area contributed by atoms with Crippen LogP contribution in [0.15, 0.2) is 36.4 Å². The SMILES string of the molecule is COc1cc(N)c(Cl)cc1C(=O)NC1CC2CCC(C1)N2Cc1cccc(F)c1. The highest BCUT2D eigenvalue weighted by Gasteiger charge is 2.41. The van der Waals surface area contributed by atoms with Crippen LogP contribution in [0.3, 0.4) is 0 Å². The maximum absolute atomic E-state index is 13.5. The molecular weight excluding hydrogens is 393 g/mol. The first kappa shape index (κ1) is 20.0. The zero-order chi connectivity index (χ0) is 20.5. The molecule has 2 aromatic carbocycles. The summed E-state index contributed by atoms with van der Waals surface area (Å²) in [4.78, 5) is 15.3. The van der Waals surface area contributed by atoms with Crippen LogP contribution < -0.4 is 15.8 Å². The second kappa shape index (κ2) is 8.20. The summed E-state index contributed by atoms with van der Waals surface area (Å²) >= 11 is 6.10. The number of hydrogen-bond acceptors (Lipinski definition) is 4. The lowest BCUT2D eigenvalue weighted by Gasteiger charge is -2.39. The largest absolute Gasteiger partial charge is 0.496 e. The Morgan fingerprint density at radius 1 is 1.28 bits per heavy atom. The molecule has 2 heterocycles. The Bertz CT molecular complexity index is 909. The second-order valence-electron chi connectivity index (χ2n) is 7.90. The first-order chi connectivity index (χ1) is 13.9. The molecule has 2 bridgehead atoms. The van der Waals surface area contributed by atoms with Gasteiger partial charge in [0.15, 0.2) is 0 Å². The number of hydrogen-bond donors (Lipinski definition) is 2. The van der Waals surface area contributed by atoms with E-state index in [2.05, 4.69) is 10.2 Å². The Labute approximate surface area is 175 Å². The van der Waals surface area contributed by atoms with Crippen LogP contribution in [-0.2, 0) is 6.54 Å². The van der Waals surface area contributed by atoms with E-state index in [1.165, 1.54) is 13.2 Å². The molecule has 2 aromatic rings. The maximum atomic E-state index is 13.5. The standard InChI is InChI=1S/C22H25ClFN3O2/c1-29-21-11-20(25)19(23)10-18(21)22(28)26-15-8-16-5-6-17(9-15)27(16)12-13-3-2-4-14(24)7-13/h2-4,7,10-11,15-17H,5-6,8-9,12,25H2,1H3,(H,26,28). The van der Waals surface area contributed by atoms with Gasteiger partial charge >= 0.3 is 0 Å². The molecule has 3 N–H and O–H groups in total. The second-order valence-corrected chi connectivity index (χ2v) is 8.31. The summed E-state index contributed by atoms with van der Waals surface area (Å²) in [5, 5.41) is 3.48. The number of nitrogens with zero attached hydrogens (tertiary/aromatic N) is 1. The Morgan fingerprint density at radius 2 is 2.00 bits per heavy atom. The zero-order valence-corrected chi connectivity index (χ0v) is 17.1. The van der Waals surface area contributed by atoms with Gasteiger partial charge in [-0.05, 0) is 49.4 Å². The van der Waals surface area contributed by atoms with Gasteiger partial charge < -0.3 is 15.8 Å². The molecule has 5 nitrogen and oxygen atoms in total. The van der Waals surface area contributed by atoms with Crippen LogP contribution in [0.2, 0.25) is 5.02 Å². The summed E-state index contributed by atoms with van der Waals surface area (Å²) in [6.07, 6.45) is 3.96. The van der Waals surface area contributed by atoms with Gasteiger partial charge in [-0.2, -0.15) is 0 Å². The van der Waals surface area contributed by atoms with E-state index in [9.17, 15) is 9.18 Å². The Kier molecular flexibility index (Phi) is 5.65. The molecule has 2 fully saturated rings. The van der Waals surface area contributed by atoms with E-state index in [0.717, 1.165) is 37.8 Å². The summed E-state index contributed by atoms with van der Waals surface area (Å²) in [5.41, 5.74) is 7.57. The first-order valence-electron chi connectivity index (χ1n) is 9.88. The average Bonchev–Trinajstić information content (AvgIpc) is 2.92. The summed E-state index contributed by atoms with van der Waals surface area (Å²) in [6.45, 7) is 0.745. The van der Waals surface area contributed by atoms with Crippen molar-refractivity contribution in [2.45, 2.75) is 50.4 Å². The Morgan fingerprint density at radius 3 is 2.66 bits per heavy atom. The predicted molar refractivity (Wildman–Crippen MR) is 112 cm³/mol. The number of benzene rings is 2. The van der Waals surface area contributed by atoms with Crippen molar-refractivity contribution in [2.75, 3.05) is 12.8 Å². The lowest BCUT2D eigenvalue weighted by atomic mass is 9.96. The van der Waals surface area contributed by atoms with E-state index in [0.29, 0.717) is 34.1 Å². The minimum Gasteiger partial charge on any atom is -0.496 e. The number of fused-ring (bicyclic) bond motifs is 2. The fourth-order valence-electron chi connectivity index (χ4n) is 4.67. The smallest absolute Gasteiger partial charge is 0.255 e. The topological polar surface area (TPSA) is 67.6 Å². The van der Waals surface area contributed by atoms with Crippen LogP contribution >= 0.6 is 11.6 Å². The van der Waals surface area contributed by atoms with Crippen molar-refractivity contribution >= 4 is 23.2 Å². The van der Waals surface area contributed by atoms with Gasteiger partial charge in [-0.15, -0.1) is 0 Å². The molecule has 2 saturated heterocycles. The molecule has 7 heteroatoms. The molecule has 1 amide bonds. The van der Waals surface area contributed by atoms with Gasteiger partial charge in [-0.25, -0.2) is 4.39 Å². The number of nitrogens with two attached hydrogens (primary N) is 1. The quantitative estimate of drug-likeness (QED) is 0.722. The predicted octanol–water partition coefficient (Wildman–Crippen LogP) is 4.00. The van der Waals surface area contributed by atoms with Crippen molar-refractivity contribution in [3.63, 3.8) is 0 Å². The number of rotatable bonds is 5. The number of ether oxygens (including phenoxy) is 1. The molecule has 2 unspecified atom stereocenters. The molecule has 0 aromatic heterocycles. The van der Waals surface area contributed by atoms with Gasteiger partial charge in [-0.1, -0.05) is 23.7 Å². The summed E-state index contributed by atoms with van der Waals surface area (Å²) in [5.74, 6) is 0.00995. The molecule has 0 aliphatic carbocycles. The van der Waals surface area contributed by atoms with Gasteiger partial charge in [0.1, 0.15) is 11.6 Å². The van der Waals surface area contributed by atoms with E-state index in [1.54, 1.807) is 24.3 Å². The van der Waals surface area contributed by atoms with Crippen LogP contribution in [0.4, 0.5) is 10.1 Å². The van der Waals surface area contributed by atoms with Gasteiger partial charge in [0.05, 0.1) is 23.4 Å². The highest BCUT2D eigenvalue weighted by molar-refractivity contribution is 6.33. The molecule has 154 valence electrons. The normalized spacial score (nSPS) is 23.8. The van der Waals surface area contributed by atoms with E-state index in [4.69, 9.17) is 22.1 Å². The molecule has 0 spiro atoms. The highest BCUT2D eigenvalue weighted by Crippen LogP contribution is 2.37. The summed E-state index contributed by atoms with van der Waals surface area (Å²) in [6, 6.07) is 10.8. The van der Waals surface area contributed by atoms with Crippen molar-refractivity contribution in [3.8, 4) is 5.75 Å². The minimum atomic E-state index is -0.202. The number of anilines is 1. The van der Waals surface area contributed by atoms with E-state index < -0.39 is 0 Å². The number of methoxy groups -OCH3 is 1. The Hall–Kier alpha value is -2.31. The number of piperidine rings is 1.